The molecule has 2 radical (unpaired) electrons. The summed E-state index contributed by atoms with van der Waals surface area (Å²) >= 11 is 0. The van der Waals surface area contributed by atoms with Crippen molar-refractivity contribution < 1.29 is 14.1 Å². The Labute approximate surface area is 67.6 Å². The molecule has 0 atom stereocenters. The van der Waals surface area contributed by atoms with Crippen molar-refractivity contribution in [3.05, 3.63) is 0 Å². The molecule has 6 heteroatoms. The first-order valence-electron chi connectivity index (χ1n) is 0.651. The Morgan fingerprint density at radius 3 is 1.33 bits per heavy atom. The van der Waals surface area contributed by atoms with Crippen LogP contribution in [0.3, 0.4) is 0 Å². The third kappa shape index (κ3) is 73.2. The molecule has 0 aromatic carbocycles. The van der Waals surface area contributed by atoms with Crippen LogP contribution in [0.4, 0.5) is 0 Å². The van der Waals surface area contributed by atoms with Crippen LogP contribution in [-0.2, 0) is 4.46 Å². The summed E-state index contributed by atoms with van der Waals surface area (Å²) in [6.07, 6.45) is 0. The van der Waals surface area contributed by atoms with Crippen molar-refractivity contribution in [2.24, 2.45) is 0 Å². The Morgan fingerprint density at radius 1 is 1.33 bits per heavy atom. The van der Waals surface area contributed by atoms with Crippen molar-refractivity contribution in [1.29, 1.82) is 0 Å². The molecule has 0 aromatic rings. The molecule has 0 unspecified atom stereocenters. The van der Waals surface area contributed by atoms with Gasteiger partial charge in [-0.1, -0.05) is 0 Å². The van der Waals surface area contributed by atoms with E-state index < -0.39 is 9.17 Å². The van der Waals surface area contributed by atoms with Gasteiger partial charge in [-0.3, -0.25) is 4.46 Å². The maximum absolute atomic E-state index is 8.74. The quantitative estimate of drug-likeness (QED) is 0.452. The average Bonchev–Trinajstić information content (AvgIpc) is 0.811. The molecule has 0 bridgehead atoms. The van der Waals surface area contributed by atoms with Gasteiger partial charge in [0.15, 0.2) is 17.4 Å². The van der Waals surface area contributed by atoms with Crippen LogP contribution in [0.25, 0.3) is 0 Å². The second kappa shape index (κ2) is 9.42. The third-order valence-electron chi connectivity index (χ3n) is 0. The minimum atomic E-state index is -3.13. The summed E-state index contributed by atoms with van der Waals surface area (Å²) < 4.78 is 8.74. The standard InChI is InChI=1S/Al.H2O3Si.Pb.5H/c;1-4(2)3;;;;;;/h;1-2H;;;;;;. The summed E-state index contributed by atoms with van der Waals surface area (Å²) in [5.74, 6) is 0. The molecule has 0 heterocycles. The minimum absolute atomic E-state index is 0. The Hall–Kier alpha value is 1.07. The van der Waals surface area contributed by atoms with Gasteiger partial charge in [-0.2, -0.15) is 0 Å². The van der Waals surface area contributed by atoms with Crippen LogP contribution in [0.15, 0.2) is 0 Å². The second-order valence-electron chi connectivity index (χ2n) is 0.283. The van der Waals surface area contributed by atoms with Crippen molar-refractivity contribution in [2.75, 3.05) is 0 Å². The number of rotatable bonds is 0. The molecule has 0 fully saturated rings. The van der Waals surface area contributed by atoms with E-state index in [2.05, 4.69) is 0 Å². The molecule has 3 nitrogen and oxygen atoms in total. The van der Waals surface area contributed by atoms with E-state index in [1.165, 1.54) is 0 Å². The Kier molecular flexibility index (Phi) is 24.7. The zero-order valence-corrected chi connectivity index (χ0v) is 9.01. The van der Waals surface area contributed by atoms with Gasteiger partial charge in [0.1, 0.15) is 0 Å². The molecule has 0 aromatic heterocycles. The molecular formula is H7AlO3PbSi. The van der Waals surface area contributed by atoms with Crippen molar-refractivity contribution in [2.45, 2.75) is 0 Å². The maximum atomic E-state index is 8.74. The van der Waals surface area contributed by atoms with Crippen LogP contribution in [0.5, 0.6) is 0 Å². The topological polar surface area (TPSA) is 57.5 Å². The Bertz CT molecular complexity index is 33.8. The van der Waals surface area contributed by atoms with Gasteiger partial charge in [0.25, 0.3) is 0 Å². The Morgan fingerprint density at radius 2 is 1.33 bits per heavy atom. The fraction of sp³-hybridized carbons (Fsp3) is 0. The average molecular weight is 317 g/mol. The summed E-state index contributed by atoms with van der Waals surface area (Å²) in [5.41, 5.74) is 0. The van der Waals surface area contributed by atoms with E-state index >= 15 is 0 Å². The van der Waals surface area contributed by atoms with E-state index in [1.807, 2.05) is 0 Å². The summed E-state index contributed by atoms with van der Waals surface area (Å²) in [4.78, 5) is 14.3. The summed E-state index contributed by atoms with van der Waals surface area (Å²) in [7, 11) is -3.13. The van der Waals surface area contributed by atoms with Crippen molar-refractivity contribution >= 4 is 53.8 Å². The van der Waals surface area contributed by atoms with Crippen molar-refractivity contribution in [1.82, 2.24) is 0 Å². The molecule has 0 saturated heterocycles. The van der Waals surface area contributed by atoms with Gasteiger partial charge in [-0.05, 0) is 0 Å². The first kappa shape index (κ1) is 15.7. The van der Waals surface area contributed by atoms with E-state index in [1.54, 1.807) is 0 Å². The van der Waals surface area contributed by atoms with E-state index in [0.29, 0.717) is 0 Å². The number of hydrogen-bond donors (Lipinski definition) is 2. The van der Waals surface area contributed by atoms with E-state index in [4.69, 9.17) is 14.1 Å². The van der Waals surface area contributed by atoms with Crippen LogP contribution in [0.2, 0.25) is 0 Å². The molecule has 36 valence electrons. The molecule has 6 heavy (non-hydrogen) atoms. The van der Waals surface area contributed by atoms with Crippen LogP contribution in [0, 0.1) is 0 Å². The fourth-order valence-corrected chi connectivity index (χ4v) is 0. The van der Waals surface area contributed by atoms with Gasteiger partial charge in [0.05, 0.1) is 0 Å². The van der Waals surface area contributed by atoms with Crippen LogP contribution in [0.1, 0.15) is 0 Å². The molecule has 0 saturated carbocycles. The van der Waals surface area contributed by atoms with Gasteiger partial charge in [-0.15, -0.1) is 0 Å². The van der Waals surface area contributed by atoms with Crippen LogP contribution in [-0.4, -0.2) is 63.4 Å². The summed E-state index contributed by atoms with van der Waals surface area (Å²) in [5, 5.41) is 0. The van der Waals surface area contributed by atoms with E-state index in [0.717, 1.165) is 0 Å². The van der Waals surface area contributed by atoms with Crippen molar-refractivity contribution in [3.63, 3.8) is 0 Å². The zero-order valence-electron chi connectivity index (χ0n) is 2.51. The van der Waals surface area contributed by atoms with Gasteiger partial charge in [-0.25, -0.2) is 0 Å². The molecule has 0 aliphatic rings. The monoisotopic (exact) mass is 318 g/mol. The third-order valence-corrected chi connectivity index (χ3v) is 0. The van der Waals surface area contributed by atoms with Gasteiger partial charge < -0.3 is 9.59 Å². The molecule has 2 N–H and O–H groups in total. The molecule has 0 aliphatic heterocycles. The second-order valence-corrected chi connectivity index (χ2v) is 0.848. The molecule has 0 rings (SSSR count). The predicted octanol–water partition coefficient (Wildman–Crippen LogP) is -3.71. The van der Waals surface area contributed by atoms with Gasteiger partial charge >= 0.3 is 36.5 Å². The van der Waals surface area contributed by atoms with Crippen LogP contribution < -0.4 is 0 Å². The fourth-order valence-electron chi connectivity index (χ4n) is 0. The molecular weight excluding hydrogens is 310 g/mol. The Balaban J connectivity index is -0.0000000450. The van der Waals surface area contributed by atoms with Crippen molar-refractivity contribution in [3.8, 4) is 0 Å². The van der Waals surface area contributed by atoms with E-state index in [-0.39, 0.29) is 44.7 Å². The normalized spacial score (nSPS) is 4.00. The van der Waals surface area contributed by atoms with Gasteiger partial charge in [0, 0.05) is 0 Å². The molecule has 0 spiro atoms. The molecule has 0 aliphatic carbocycles. The van der Waals surface area contributed by atoms with E-state index in [9.17, 15) is 0 Å². The number of hydrogen-bond acceptors (Lipinski definition) is 1. The molecule has 0 amide bonds. The summed E-state index contributed by atoms with van der Waals surface area (Å²) in [6.45, 7) is 0. The SMILES string of the molecule is O=[Si](O)O.[AlH3].[PbH2]. The summed E-state index contributed by atoms with van der Waals surface area (Å²) in [6, 6.07) is 0. The van der Waals surface area contributed by atoms with Gasteiger partial charge in [0.2, 0.25) is 0 Å². The predicted molar refractivity (Wildman–Crippen MR) is 29.4 cm³/mol. The first-order valence-corrected chi connectivity index (χ1v) is 1.95. The first-order chi connectivity index (χ1) is 1.73. The van der Waals surface area contributed by atoms with Crippen LogP contribution >= 0.6 is 0 Å². The zero-order chi connectivity index (χ0) is 3.58.